The van der Waals surface area contributed by atoms with Crippen LogP contribution in [0, 0.1) is 0 Å². The number of nitrogens with zero attached hydrogens (tertiary/aromatic N) is 2. The molecule has 0 bridgehead atoms. The summed E-state index contributed by atoms with van der Waals surface area (Å²) in [7, 11) is 0. The SMILES string of the molecule is OCc1ccc2c(c1)[nH]c1c(-c3cccc4ncccc34)nccc12. The molecule has 0 amide bonds. The second-order valence-electron chi connectivity index (χ2n) is 6.12. The van der Waals surface area contributed by atoms with Gasteiger partial charge in [0.05, 0.1) is 23.3 Å². The van der Waals surface area contributed by atoms with Crippen molar-refractivity contribution in [3.63, 3.8) is 0 Å². The van der Waals surface area contributed by atoms with E-state index in [2.05, 4.69) is 27.1 Å². The molecule has 0 spiro atoms. The largest absolute Gasteiger partial charge is 0.392 e. The Balaban J connectivity index is 1.87. The molecule has 0 saturated carbocycles. The molecule has 25 heavy (non-hydrogen) atoms. The number of hydrogen-bond donors (Lipinski definition) is 2. The monoisotopic (exact) mass is 325 g/mol. The van der Waals surface area contributed by atoms with E-state index in [1.54, 1.807) is 6.20 Å². The minimum atomic E-state index is 0.0331. The highest BCUT2D eigenvalue weighted by Crippen LogP contribution is 2.34. The summed E-state index contributed by atoms with van der Waals surface area (Å²) in [6.45, 7) is 0.0331. The topological polar surface area (TPSA) is 61.8 Å². The Hall–Kier alpha value is -3.24. The van der Waals surface area contributed by atoms with Crippen molar-refractivity contribution in [2.45, 2.75) is 6.61 Å². The molecule has 5 aromatic rings. The molecule has 120 valence electrons. The van der Waals surface area contributed by atoms with E-state index < -0.39 is 0 Å². The van der Waals surface area contributed by atoms with E-state index >= 15 is 0 Å². The number of pyridine rings is 2. The molecule has 0 saturated heterocycles. The third-order valence-corrected chi connectivity index (χ3v) is 4.67. The lowest BCUT2D eigenvalue weighted by Gasteiger charge is -2.06. The molecule has 0 aliphatic carbocycles. The number of nitrogens with one attached hydrogen (secondary N) is 1. The predicted molar refractivity (Wildman–Crippen MR) is 100 cm³/mol. The third kappa shape index (κ3) is 2.12. The van der Waals surface area contributed by atoms with Gasteiger partial charge in [-0.05, 0) is 29.8 Å². The molecule has 2 N–H and O–H groups in total. The fraction of sp³-hybridized carbons (Fsp3) is 0.0476. The number of aliphatic hydroxyl groups is 1. The number of hydrogen-bond acceptors (Lipinski definition) is 3. The lowest BCUT2D eigenvalue weighted by molar-refractivity contribution is 0.282. The van der Waals surface area contributed by atoms with Crippen molar-refractivity contribution >= 4 is 32.7 Å². The third-order valence-electron chi connectivity index (χ3n) is 4.67. The maximum Gasteiger partial charge on any atom is 0.0949 e. The van der Waals surface area contributed by atoms with Crippen molar-refractivity contribution in [2.24, 2.45) is 0 Å². The van der Waals surface area contributed by atoms with E-state index in [0.29, 0.717) is 0 Å². The Morgan fingerprint density at radius 2 is 1.80 bits per heavy atom. The van der Waals surface area contributed by atoms with Crippen LogP contribution in [0.25, 0.3) is 44.0 Å². The van der Waals surface area contributed by atoms with Gasteiger partial charge in [0.15, 0.2) is 0 Å². The molecule has 2 aromatic carbocycles. The van der Waals surface area contributed by atoms with Crippen LogP contribution in [0.3, 0.4) is 0 Å². The summed E-state index contributed by atoms with van der Waals surface area (Å²) in [5, 5.41) is 12.7. The summed E-state index contributed by atoms with van der Waals surface area (Å²) in [6.07, 6.45) is 3.65. The quantitative estimate of drug-likeness (QED) is 0.505. The first-order chi connectivity index (χ1) is 12.3. The van der Waals surface area contributed by atoms with Crippen molar-refractivity contribution in [1.29, 1.82) is 0 Å². The van der Waals surface area contributed by atoms with Crippen LogP contribution in [-0.2, 0) is 6.61 Å². The number of fused-ring (bicyclic) bond motifs is 4. The molecule has 0 radical (unpaired) electrons. The highest BCUT2D eigenvalue weighted by Gasteiger charge is 2.13. The van der Waals surface area contributed by atoms with Crippen LogP contribution in [0.2, 0.25) is 0 Å². The number of aromatic nitrogens is 3. The van der Waals surface area contributed by atoms with Crippen LogP contribution >= 0.6 is 0 Å². The molecule has 0 fully saturated rings. The summed E-state index contributed by atoms with van der Waals surface area (Å²) in [6, 6.07) is 18.1. The van der Waals surface area contributed by atoms with E-state index in [4.69, 9.17) is 0 Å². The zero-order valence-corrected chi connectivity index (χ0v) is 13.4. The average molecular weight is 325 g/mol. The number of rotatable bonds is 2. The smallest absolute Gasteiger partial charge is 0.0949 e. The predicted octanol–water partition coefficient (Wildman–Crippen LogP) is 4.42. The molecular weight excluding hydrogens is 310 g/mol. The van der Waals surface area contributed by atoms with Gasteiger partial charge in [0.1, 0.15) is 0 Å². The molecule has 4 heteroatoms. The molecule has 3 heterocycles. The van der Waals surface area contributed by atoms with Gasteiger partial charge in [0.25, 0.3) is 0 Å². The van der Waals surface area contributed by atoms with Gasteiger partial charge in [0.2, 0.25) is 0 Å². The molecular formula is C21H15N3O. The lowest BCUT2D eigenvalue weighted by Crippen LogP contribution is -1.88. The molecule has 0 atom stereocenters. The first kappa shape index (κ1) is 14.1. The second kappa shape index (κ2) is 5.40. The highest BCUT2D eigenvalue weighted by atomic mass is 16.3. The van der Waals surface area contributed by atoms with Gasteiger partial charge in [-0.2, -0.15) is 0 Å². The second-order valence-corrected chi connectivity index (χ2v) is 6.12. The Kier molecular flexibility index (Phi) is 3.05. The first-order valence-corrected chi connectivity index (χ1v) is 8.19. The van der Waals surface area contributed by atoms with Gasteiger partial charge in [-0.15, -0.1) is 0 Å². The van der Waals surface area contributed by atoms with Crippen molar-refractivity contribution in [3.8, 4) is 11.3 Å². The Morgan fingerprint density at radius 1 is 0.840 bits per heavy atom. The minimum absolute atomic E-state index is 0.0331. The Labute approximate surface area is 143 Å². The van der Waals surface area contributed by atoms with E-state index in [0.717, 1.165) is 49.5 Å². The Bertz CT molecular complexity index is 1230. The van der Waals surface area contributed by atoms with Crippen molar-refractivity contribution in [2.75, 3.05) is 0 Å². The van der Waals surface area contributed by atoms with Crippen molar-refractivity contribution in [3.05, 3.63) is 72.6 Å². The number of H-pyrrole nitrogens is 1. The van der Waals surface area contributed by atoms with E-state index in [1.165, 1.54) is 0 Å². The fourth-order valence-electron chi connectivity index (χ4n) is 3.49. The summed E-state index contributed by atoms with van der Waals surface area (Å²) < 4.78 is 0. The van der Waals surface area contributed by atoms with Crippen LogP contribution in [0.4, 0.5) is 0 Å². The van der Waals surface area contributed by atoms with Crippen LogP contribution in [0.1, 0.15) is 5.56 Å². The van der Waals surface area contributed by atoms with E-state index in [9.17, 15) is 5.11 Å². The maximum atomic E-state index is 9.39. The van der Waals surface area contributed by atoms with Gasteiger partial charge in [-0.3, -0.25) is 9.97 Å². The van der Waals surface area contributed by atoms with Crippen LogP contribution < -0.4 is 0 Å². The molecule has 5 rings (SSSR count). The fourth-order valence-corrected chi connectivity index (χ4v) is 3.49. The summed E-state index contributed by atoms with van der Waals surface area (Å²) in [4.78, 5) is 12.6. The zero-order chi connectivity index (χ0) is 16.8. The van der Waals surface area contributed by atoms with Gasteiger partial charge < -0.3 is 10.1 Å². The standard InChI is InChI=1S/C21H15N3O/c25-12-13-6-7-15-17-8-10-23-20(21(17)24-19(15)11-13)16-3-1-5-18-14(16)4-2-9-22-18/h1-11,24-25H,12H2. The normalized spacial score (nSPS) is 11.6. The Morgan fingerprint density at radius 3 is 2.72 bits per heavy atom. The van der Waals surface area contributed by atoms with E-state index in [1.807, 2.05) is 48.7 Å². The number of benzene rings is 2. The average Bonchev–Trinajstić information content (AvgIpc) is 3.05. The van der Waals surface area contributed by atoms with Crippen LogP contribution in [-0.4, -0.2) is 20.1 Å². The van der Waals surface area contributed by atoms with Crippen LogP contribution in [0.15, 0.2) is 67.0 Å². The molecule has 3 aromatic heterocycles. The molecule has 4 nitrogen and oxygen atoms in total. The van der Waals surface area contributed by atoms with E-state index in [-0.39, 0.29) is 6.61 Å². The number of aromatic amines is 1. The molecule has 0 aliphatic heterocycles. The summed E-state index contributed by atoms with van der Waals surface area (Å²) in [5.74, 6) is 0. The minimum Gasteiger partial charge on any atom is -0.392 e. The maximum absolute atomic E-state index is 9.39. The molecule has 0 aliphatic rings. The summed E-state index contributed by atoms with van der Waals surface area (Å²) >= 11 is 0. The van der Waals surface area contributed by atoms with Crippen molar-refractivity contribution in [1.82, 2.24) is 15.0 Å². The van der Waals surface area contributed by atoms with Gasteiger partial charge >= 0.3 is 0 Å². The van der Waals surface area contributed by atoms with Crippen molar-refractivity contribution < 1.29 is 5.11 Å². The van der Waals surface area contributed by atoms with Gasteiger partial charge in [-0.1, -0.05) is 30.3 Å². The lowest BCUT2D eigenvalue weighted by atomic mass is 10.0. The number of aliphatic hydroxyl groups excluding tert-OH is 1. The summed E-state index contributed by atoms with van der Waals surface area (Å²) in [5.41, 5.74) is 5.83. The first-order valence-electron chi connectivity index (χ1n) is 8.19. The van der Waals surface area contributed by atoms with Gasteiger partial charge in [-0.25, -0.2) is 0 Å². The van der Waals surface area contributed by atoms with Gasteiger partial charge in [0, 0.05) is 39.6 Å². The molecule has 0 unspecified atom stereocenters. The zero-order valence-electron chi connectivity index (χ0n) is 13.4. The highest BCUT2D eigenvalue weighted by molar-refractivity contribution is 6.12. The van der Waals surface area contributed by atoms with Crippen LogP contribution in [0.5, 0.6) is 0 Å².